The Bertz CT molecular complexity index is 219. The van der Waals surface area contributed by atoms with Gasteiger partial charge in [0.25, 0.3) is 0 Å². The van der Waals surface area contributed by atoms with Crippen molar-refractivity contribution in [3.8, 4) is 0 Å². The molecule has 0 atom stereocenters. The molecule has 1 fully saturated rings. The van der Waals surface area contributed by atoms with E-state index in [1.54, 1.807) is 0 Å². The molecule has 1 amide bonds. The molecule has 1 aliphatic carbocycles. The third-order valence-electron chi connectivity index (χ3n) is 3.23. The molecule has 0 bridgehead atoms. The van der Waals surface area contributed by atoms with Crippen molar-refractivity contribution in [1.82, 2.24) is 5.32 Å². The summed E-state index contributed by atoms with van der Waals surface area (Å²) >= 11 is 0. The first kappa shape index (κ1) is 16.7. The van der Waals surface area contributed by atoms with E-state index < -0.39 is 0 Å². The zero-order valence-electron chi connectivity index (χ0n) is 10.7. The maximum Gasteiger partial charge on any atom is 0.246 e. The van der Waals surface area contributed by atoms with E-state index in [-0.39, 0.29) is 30.5 Å². The second-order valence-corrected chi connectivity index (χ2v) is 4.65. The molecule has 3 N–H and O–H groups in total. The maximum absolute atomic E-state index is 11.6. The highest BCUT2D eigenvalue weighted by Gasteiger charge is 2.33. The second-order valence-electron chi connectivity index (χ2n) is 4.65. The van der Waals surface area contributed by atoms with Crippen LogP contribution in [0, 0.1) is 0 Å². The van der Waals surface area contributed by atoms with Gasteiger partial charge in [-0.2, -0.15) is 0 Å². The molecular weight excluding hydrogens is 240 g/mol. The van der Waals surface area contributed by atoms with E-state index in [0.717, 1.165) is 38.5 Å². The molecule has 0 aromatic carbocycles. The monoisotopic (exact) mass is 264 g/mol. The molecule has 0 aromatic heterocycles. The normalized spacial score (nSPS) is 17.5. The Labute approximate surface area is 110 Å². The van der Waals surface area contributed by atoms with Crippen LogP contribution in [0.15, 0.2) is 0 Å². The summed E-state index contributed by atoms with van der Waals surface area (Å²) in [5.74, 6) is -0.0246. The second kappa shape index (κ2) is 8.72. The first-order valence-electron chi connectivity index (χ1n) is 6.31. The van der Waals surface area contributed by atoms with E-state index in [2.05, 4.69) is 12.2 Å². The Morgan fingerprint density at radius 1 is 1.41 bits per heavy atom. The van der Waals surface area contributed by atoms with E-state index in [1.165, 1.54) is 0 Å². The average Bonchev–Trinajstić information content (AvgIpc) is 2.74. The van der Waals surface area contributed by atoms with Gasteiger partial charge in [-0.1, -0.05) is 26.2 Å². The van der Waals surface area contributed by atoms with Crippen LogP contribution in [0.1, 0.15) is 45.4 Å². The molecule has 0 heterocycles. The lowest BCUT2D eigenvalue weighted by atomic mass is 9.98. The van der Waals surface area contributed by atoms with Crippen molar-refractivity contribution >= 4 is 18.3 Å². The van der Waals surface area contributed by atoms with Crippen molar-refractivity contribution in [3.05, 3.63) is 0 Å². The fourth-order valence-corrected chi connectivity index (χ4v) is 2.18. The zero-order chi connectivity index (χ0) is 11.9. The molecule has 0 saturated heterocycles. The number of amides is 1. The minimum atomic E-state index is -0.148. The van der Waals surface area contributed by atoms with Gasteiger partial charge < -0.3 is 15.8 Å². The predicted octanol–water partition coefficient (Wildman–Crippen LogP) is 1.61. The highest BCUT2D eigenvalue weighted by molar-refractivity contribution is 5.85. The zero-order valence-corrected chi connectivity index (χ0v) is 11.5. The molecule has 0 radical (unpaired) electrons. The van der Waals surface area contributed by atoms with Gasteiger partial charge in [0.15, 0.2) is 0 Å². The summed E-state index contributed by atoms with van der Waals surface area (Å²) in [5, 5.41) is 3.03. The first-order valence-corrected chi connectivity index (χ1v) is 6.31. The smallest absolute Gasteiger partial charge is 0.246 e. The lowest BCUT2D eigenvalue weighted by Crippen LogP contribution is -2.52. The number of nitrogens with one attached hydrogen (secondary N) is 1. The summed E-state index contributed by atoms with van der Waals surface area (Å²) < 4.78 is 5.28. The Hall–Kier alpha value is -0.320. The highest BCUT2D eigenvalue weighted by atomic mass is 35.5. The van der Waals surface area contributed by atoms with Crippen LogP contribution in [0.4, 0.5) is 0 Å². The van der Waals surface area contributed by atoms with Crippen molar-refractivity contribution in [2.24, 2.45) is 5.73 Å². The topological polar surface area (TPSA) is 64.3 Å². The van der Waals surface area contributed by atoms with Crippen LogP contribution in [-0.2, 0) is 9.53 Å². The Morgan fingerprint density at radius 3 is 2.59 bits per heavy atom. The predicted molar refractivity (Wildman–Crippen MR) is 71.4 cm³/mol. The summed E-state index contributed by atoms with van der Waals surface area (Å²) in [4.78, 5) is 11.6. The number of carbonyl (C=O) groups excluding carboxylic acids is 1. The fourth-order valence-electron chi connectivity index (χ4n) is 2.18. The third-order valence-corrected chi connectivity index (χ3v) is 3.23. The summed E-state index contributed by atoms with van der Waals surface area (Å²) in [6.45, 7) is 3.47. The van der Waals surface area contributed by atoms with Crippen LogP contribution in [0.2, 0.25) is 0 Å². The largest absolute Gasteiger partial charge is 0.372 e. The van der Waals surface area contributed by atoms with Crippen molar-refractivity contribution in [1.29, 1.82) is 0 Å². The molecular formula is C12H25ClN2O2. The summed E-state index contributed by atoms with van der Waals surface area (Å²) in [6.07, 6.45) is 6.43. The van der Waals surface area contributed by atoms with Crippen molar-refractivity contribution < 1.29 is 9.53 Å². The van der Waals surface area contributed by atoms with Gasteiger partial charge in [0.1, 0.15) is 6.61 Å². The van der Waals surface area contributed by atoms with Crippen LogP contribution in [0.25, 0.3) is 0 Å². The number of carbonyl (C=O) groups is 1. The average molecular weight is 265 g/mol. The number of halogens is 1. The van der Waals surface area contributed by atoms with Gasteiger partial charge >= 0.3 is 0 Å². The van der Waals surface area contributed by atoms with Crippen LogP contribution < -0.4 is 11.1 Å². The molecule has 4 nitrogen and oxygen atoms in total. The van der Waals surface area contributed by atoms with E-state index in [4.69, 9.17) is 10.5 Å². The van der Waals surface area contributed by atoms with Crippen molar-refractivity contribution in [3.63, 3.8) is 0 Å². The number of hydrogen-bond acceptors (Lipinski definition) is 3. The molecule has 0 aromatic rings. The van der Waals surface area contributed by atoms with Gasteiger partial charge in [-0.3, -0.25) is 4.79 Å². The number of unbranched alkanes of at least 4 members (excludes halogenated alkanes) is 1. The van der Waals surface area contributed by atoms with Gasteiger partial charge in [-0.15, -0.1) is 12.4 Å². The van der Waals surface area contributed by atoms with E-state index in [0.29, 0.717) is 13.2 Å². The van der Waals surface area contributed by atoms with Crippen molar-refractivity contribution in [2.45, 2.75) is 51.0 Å². The standard InChI is InChI=1S/C12H24N2O2.ClH/c1-2-3-8-16-9-11(15)14-12(10-13)6-4-5-7-12;/h2-10,13H2,1H3,(H,14,15);1H. The fraction of sp³-hybridized carbons (Fsp3) is 0.917. The summed E-state index contributed by atoms with van der Waals surface area (Å²) in [7, 11) is 0. The van der Waals surface area contributed by atoms with Crippen LogP contribution in [0.5, 0.6) is 0 Å². The lowest BCUT2D eigenvalue weighted by molar-refractivity contribution is -0.127. The van der Waals surface area contributed by atoms with Gasteiger partial charge in [-0.05, 0) is 19.3 Å². The molecule has 0 aliphatic heterocycles. The van der Waals surface area contributed by atoms with Gasteiger partial charge in [0.2, 0.25) is 5.91 Å². The van der Waals surface area contributed by atoms with Gasteiger partial charge in [0.05, 0.1) is 5.54 Å². The minimum Gasteiger partial charge on any atom is -0.372 e. The Kier molecular flexibility index (Phi) is 8.56. The number of hydrogen-bond donors (Lipinski definition) is 2. The van der Waals surface area contributed by atoms with Crippen molar-refractivity contribution in [2.75, 3.05) is 19.8 Å². The molecule has 102 valence electrons. The Balaban J connectivity index is 0.00000256. The van der Waals surface area contributed by atoms with E-state index >= 15 is 0 Å². The first-order chi connectivity index (χ1) is 7.72. The summed E-state index contributed by atoms with van der Waals surface area (Å²) in [5.41, 5.74) is 5.59. The van der Waals surface area contributed by atoms with E-state index in [1.807, 2.05) is 0 Å². The molecule has 0 unspecified atom stereocenters. The van der Waals surface area contributed by atoms with Crippen LogP contribution >= 0.6 is 12.4 Å². The van der Waals surface area contributed by atoms with Gasteiger partial charge in [0, 0.05) is 13.2 Å². The van der Waals surface area contributed by atoms with Gasteiger partial charge in [-0.25, -0.2) is 0 Å². The number of rotatable bonds is 7. The molecule has 1 rings (SSSR count). The quantitative estimate of drug-likeness (QED) is 0.687. The molecule has 1 saturated carbocycles. The minimum absolute atomic E-state index is 0. The molecule has 0 spiro atoms. The van der Waals surface area contributed by atoms with Crippen LogP contribution in [0.3, 0.4) is 0 Å². The van der Waals surface area contributed by atoms with E-state index in [9.17, 15) is 4.79 Å². The Morgan fingerprint density at radius 2 is 2.06 bits per heavy atom. The number of ether oxygens (including phenoxy) is 1. The molecule has 1 aliphatic rings. The lowest BCUT2D eigenvalue weighted by Gasteiger charge is -2.28. The molecule has 5 heteroatoms. The SMILES string of the molecule is CCCCOCC(=O)NC1(CN)CCCC1.Cl. The maximum atomic E-state index is 11.6. The third kappa shape index (κ3) is 5.70. The highest BCUT2D eigenvalue weighted by Crippen LogP contribution is 2.28. The molecule has 17 heavy (non-hydrogen) atoms. The summed E-state index contributed by atoms with van der Waals surface area (Å²) in [6, 6.07) is 0. The van der Waals surface area contributed by atoms with Crippen LogP contribution in [-0.4, -0.2) is 31.2 Å². The number of nitrogens with two attached hydrogens (primary N) is 1.